The largest absolute Gasteiger partial charge is 0.483 e. The van der Waals surface area contributed by atoms with E-state index in [4.69, 9.17) is 14.0 Å². The fraction of sp³-hybridized carbons (Fsp3) is 0.231. The van der Waals surface area contributed by atoms with Crippen molar-refractivity contribution in [1.82, 2.24) is 6.15 Å². The van der Waals surface area contributed by atoms with Crippen molar-refractivity contribution in [3.8, 4) is 11.5 Å². The first-order valence-electron chi connectivity index (χ1n) is 6.11. The van der Waals surface area contributed by atoms with Crippen LogP contribution >= 0.6 is 11.3 Å². The smallest absolute Gasteiger partial charge is 0.294 e. The second-order valence-electron chi connectivity index (χ2n) is 4.57. The highest BCUT2D eigenvalue weighted by Gasteiger charge is 2.26. The molecule has 1 aliphatic heterocycles. The van der Waals surface area contributed by atoms with Gasteiger partial charge in [-0.1, -0.05) is 6.07 Å². The summed E-state index contributed by atoms with van der Waals surface area (Å²) in [6.07, 6.45) is -0.372. The van der Waals surface area contributed by atoms with Crippen molar-refractivity contribution in [2.75, 3.05) is 18.6 Å². The minimum Gasteiger partial charge on any atom is -0.483 e. The number of likely N-dealkylation sites (N-methyl/N-ethyl adjacent to an activating group) is 1. The Morgan fingerprint density at radius 2 is 2.05 bits per heavy atom. The number of rotatable bonds is 3. The fourth-order valence-corrected chi connectivity index (χ4v) is 3.22. The lowest BCUT2D eigenvalue weighted by Crippen LogP contribution is -2.43. The van der Waals surface area contributed by atoms with Gasteiger partial charge in [0.1, 0.15) is 6.61 Å². The quantitative estimate of drug-likeness (QED) is 0.822. The van der Waals surface area contributed by atoms with Crippen molar-refractivity contribution in [3.63, 3.8) is 0 Å². The zero-order valence-electron chi connectivity index (χ0n) is 11.8. The maximum Gasteiger partial charge on any atom is 0.294 e. The molecule has 0 aliphatic carbocycles. The lowest BCUT2D eigenvalue weighted by atomic mass is 10.3. The summed E-state index contributed by atoms with van der Waals surface area (Å²) < 4.78 is 42.9. The van der Waals surface area contributed by atoms with Gasteiger partial charge in [-0.3, -0.25) is 4.55 Å². The minimum atomic E-state index is -4.23. The van der Waals surface area contributed by atoms with Crippen LogP contribution in [0.1, 0.15) is 0 Å². The third-order valence-electron chi connectivity index (χ3n) is 3.19. The molecule has 0 saturated heterocycles. The van der Waals surface area contributed by atoms with Gasteiger partial charge in [0.2, 0.25) is 6.23 Å². The van der Waals surface area contributed by atoms with E-state index in [9.17, 15) is 8.42 Å². The van der Waals surface area contributed by atoms with Crippen LogP contribution in [0.2, 0.25) is 0 Å². The lowest BCUT2D eigenvalue weighted by Gasteiger charge is -2.33. The normalized spacial score (nSPS) is 16.7. The number of ether oxygens (including phenoxy) is 2. The van der Waals surface area contributed by atoms with Gasteiger partial charge in [-0.25, -0.2) is 0 Å². The molecule has 0 bridgehead atoms. The van der Waals surface area contributed by atoms with Crippen molar-refractivity contribution < 1.29 is 22.4 Å². The third kappa shape index (κ3) is 3.17. The number of hydrogen-bond acceptors (Lipinski definition) is 7. The van der Waals surface area contributed by atoms with Gasteiger partial charge in [-0.2, -0.15) is 8.42 Å². The molecule has 0 spiro atoms. The number of benzene rings is 1. The highest BCUT2D eigenvalue weighted by atomic mass is 32.2. The molecule has 0 amide bonds. The summed E-state index contributed by atoms with van der Waals surface area (Å²) in [6, 6.07) is 6.03. The first-order chi connectivity index (χ1) is 9.95. The Kier molecular flexibility index (Phi) is 4.61. The maximum absolute atomic E-state index is 11.2. The number of anilines is 1. The second kappa shape index (κ2) is 6.13. The molecule has 1 atom stereocenters. The lowest BCUT2D eigenvalue weighted by molar-refractivity contribution is 0.0930. The Bertz CT molecular complexity index is 759. The maximum atomic E-state index is 11.2. The van der Waals surface area contributed by atoms with E-state index < -0.39 is 10.1 Å². The Morgan fingerprint density at radius 3 is 2.77 bits per heavy atom. The average Bonchev–Trinajstić information content (AvgIpc) is 2.93. The van der Waals surface area contributed by atoms with Crippen molar-refractivity contribution in [2.24, 2.45) is 0 Å². The zero-order chi connectivity index (χ0) is 15.0. The number of hydrogen-bond donors (Lipinski definition) is 2. The number of fused-ring (bicyclic) bond motifs is 1. The molecule has 2 heterocycles. The van der Waals surface area contributed by atoms with Crippen LogP contribution in [0, 0.1) is 0 Å². The molecule has 0 saturated carbocycles. The molecular formula is C13H16N2O5S2. The van der Waals surface area contributed by atoms with E-state index >= 15 is 0 Å². The van der Waals surface area contributed by atoms with Gasteiger partial charge < -0.3 is 20.5 Å². The zero-order valence-corrected chi connectivity index (χ0v) is 13.4. The van der Waals surface area contributed by atoms with Crippen LogP contribution < -0.4 is 20.5 Å². The highest BCUT2D eigenvalue weighted by Crippen LogP contribution is 2.36. The van der Waals surface area contributed by atoms with Crippen LogP contribution in [0.5, 0.6) is 11.5 Å². The third-order valence-corrected chi connectivity index (χ3v) is 4.74. The van der Waals surface area contributed by atoms with Gasteiger partial charge in [0.25, 0.3) is 10.1 Å². The summed E-state index contributed by atoms with van der Waals surface area (Å²) in [5, 5.41) is 3.72. The monoisotopic (exact) mass is 344 g/mol. The SMILES string of the molecule is CN(c1cccc(S(=O)(=O)O)c1)C1COc2cscc2O1.N. The summed E-state index contributed by atoms with van der Waals surface area (Å²) in [6.45, 7) is 0.330. The average molecular weight is 344 g/mol. The van der Waals surface area contributed by atoms with Crippen LogP contribution in [0.15, 0.2) is 39.9 Å². The van der Waals surface area contributed by atoms with E-state index in [2.05, 4.69) is 0 Å². The second-order valence-corrected chi connectivity index (χ2v) is 6.73. The van der Waals surface area contributed by atoms with Crippen LogP contribution in [0.25, 0.3) is 0 Å². The number of thiophene rings is 1. The molecule has 4 N–H and O–H groups in total. The summed E-state index contributed by atoms with van der Waals surface area (Å²) >= 11 is 1.49. The molecule has 120 valence electrons. The van der Waals surface area contributed by atoms with Crippen molar-refractivity contribution in [1.29, 1.82) is 0 Å². The van der Waals surface area contributed by atoms with E-state index in [0.29, 0.717) is 18.0 Å². The van der Waals surface area contributed by atoms with Gasteiger partial charge in [-0.15, -0.1) is 11.3 Å². The Balaban J connectivity index is 0.00000176. The Hall–Kier alpha value is -1.81. The molecule has 9 heteroatoms. The fourth-order valence-electron chi connectivity index (χ4n) is 2.03. The first kappa shape index (κ1) is 16.6. The predicted octanol–water partition coefficient (Wildman–Crippen LogP) is 2.39. The van der Waals surface area contributed by atoms with E-state index in [1.165, 1.54) is 23.5 Å². The Morgan fingerprint density at radius 1 is 1.32 bits per heavy atom. The molecular weight excluding hydrogens is 328 g/mol. The Labute approximate surface area is 132 Å². The molecule has 22 heavy (non-hydrogen) atoms. The van der Waals surface area contributed by atoms with Crippen LogP contribution in [-0.4, -0.2) is 32.9 Å². The number of nitrogens with zero attached hydrogens (tertiary/aromatic N) is 1. The molecule has 7 nitrogen and oxygen atoms in total. The van der Waals surface area contributed by atoms with Crippen LogP contribution in [-0.2, 0) is 10.1 Å². The molecule has 3 rings (SSSR count). The molecule has 1 unspecified atom stereocenters. The summed E-state index contributed by atoms with van der Waals surface area (Å²) in [5.41, 5.74) is 0.609. The molecule has 2 aromatic rings. The summed E-state index contributed by atoms with van der Waals surface area (Å²) in [4.78, 5) is 1.61. The van der Waals surface area contributed by atoms with Crippen molar-refractivity contribution in [2.45, 2.75) is 11.1 Å². The van der Waals surface area contributed by atoms with Gasteiger partial charge in [0.15, 0.2) is 11.5 Å². The van der Waals surface area contributed by atoms with E-state index in [1.54, 1.807) is 24.1 Å². The van der Waals surface area contributed by atoms with Gasteiger partial charge in [0, 0.05) is 23.5 Å². The molecule has 0 fully saturated rings. The van der Waals surface area contributed by atoms with E-state index in [0.717, 1.165) is 5.75 Å². The molecule has 1 aromatic heterocycles. The van der Waals surface area contributed by atoms with Crippen molar-refractivity contribution in [3.05, 3.63) is 35.0 Å². The molecule has 1 aliphatic rings. The van der Waals surface area contributed by atoms with Gasteiger partial charge in [-0.05, 0) is 18.2 Å². The standard InChI is InChI=1S/C13H13NO5S2.H3N/c1-14(9-3-2-4-10(5-9)21(15,16)17)13-6-18-11-7-20-8-12(11)19-13;/h2-5,7-8,13H,6H2,1H3,(H,15,16,17);1H3. The first-order valence-corrected chi connectivity index (χ1v) is 8.49. The molecule has 1 aromatic carbocycles. The van der Waals surface area contributed by atoms with Crippen LogP contribution in [0.3, 0.4) is 0 Å². The summed E-state index contributed by atoms with van der Waals surface area (Å²) in [5.74, 6) is 1.39. The van der Waals surface area contributed by atoms with Gasteiger partial charge in [0.05, 0.1) is 4.90 Å². The predicted molar refractivity (Wildman–Crippen MR) is 83.9 cm³/mol. The van der Waals surface area contributed by atoms with E-state index in [1.807, 2.05) is 10.8 Å². The highest BCUT2D eigenvalue weighted by molar-refractivity contribution is 7.85. The minimum absolute atomic E-state index is 0. The topological polar surface area (TPSA) is 111 Å². The van der Waals surface area contributed by atoms with Crippen molar-refractivity contribution >= 4 is 27.1 Å². The van der Waals surface area contributed by atoms with Gasteiger partial charge >= 0.3 is 0 Å². The molecule has 0 radical (unpaired) electrons. The summed E-state index contributed by atoms with van der Waals surface area (Å²) in [7, 11) is -2.45. The van der Waals surface area contributed by atoms with Crippen LogP contribution in [0.4, 0.5) is 5.69 Å². The van der Waals surface area contributed by atoms with E-state index in [-0.39, 0.29) is 17.3 Å².